The average molecular weight is 465 g/mol. The lowest BCUT2D eigenvalue weighted by atomic mass is 9.97. The number of alkyl carbamates (subject to hydrolysis) is 1. The Bertz CT molecular complexity index is 1020. The number of nitrogens with zero attached hydrogens (tertiary/aromatic N) is 1. The Morgan fingerprint density at radius 1 is 1.03 bits per heavy atom. The second-order valence-corrected chi connectivity index (χ2v) is 9.46. The Balaban J connectivity index is 1.38. The van der Waals surface area contributed by atoms with Gasteiger partial charge in [-0.3, -0.25) is 4.79 Å². The third kappa shape index (κ3) is 4.93. The first kappa shape index (κ1) is 23.8. The summed E-state index contributed by atoms with van der Waals surface area (Å²) in [6.07, 6.45) is 1.54. The molecule has 2 aromatic rings. The highest BCUT2D eigenvalue weighted by Crippen LogP contribution is 2.44. The zero-order valence-corrected chi connectivity index (χ0v) is 19.7. The summed E-state index contributed by atoms with van der Waals surface area (Å²) in [5.74, 6) is -1.28. The lowest BCUT2D eigenvalue weighted by Crippen LogP contribution is -2.50. The van der Waals surface area contributed by atoms with Crippen molar-refractivity contribution < 1.29 is 24.2 Å². The molecule has 0 radical (unpaired) electrons. The van der Waals surface area contributed by atoms with Gasteiger partial charge in [0, 0.05) is 24.9 Å². The monoisotopic (exact) mass is 464 g/mol. The number of aliphatic carboxylic acids is 1. The van der Waals surface area contributed by atoms with Crippen LogP contribution in [0.5, 0.6) is 0 Å². The normalized spacial score (nSPS) is 18.2. The number of carboxylic acid groups (broad SMARTS) is 1. The van der Waals surface area contributed by atoms with Crippen molar-refractivity contribution in [1.29, 1.82) is 0 Å². The minimum Gasteiger partial charge on any atom is -0.480 e. The first-order valence-corrected chi connectivity index (χ1v) is 12.0. The van der Waals surface area contributed by atoms with Gasteiger partial charge in [-0.2, -0.15) is 0 Å². The fourth-order valence-electron chi connectivity index (χ4n) is 5.04. The van der Waals surface area contributed by atoms with Crippen LogP contribution in [0.15, 0.2) is 48.5 Å². The van der Waals surface area contributed by atoms with Crippen LogP contribution >= 0.6 is 0 Å². The maximum absolute atomic E-state index is 12.9. The molecule has 1 saturated heterocycles. The fraction of sp³-hybridized carbons (Fsp3) is 0.444. The van der Waals surface area contributed by atoms with Crippen molar-refractivity contribution in [2.45, 2.75) is 57.5 Å². The highest BCUT2D eigenvalue weighted by molar-refractivity contribution is 5.84. The molecule has 7 nitrogen and oxygen atoms in total. The SMILES string of the molecule is CC(C)C(CC(=O)N1CCCCC1C(=O)O)NC(=O)OCC1c2ccccc2-c2ccccc21. The minimum absolute atomic E-state index is 0.0162. The molecule has 2 N–H and O–H groups in total. The van der Waals surface area contributed by atoms with Crippen LogP contribution in [0.1, 0.15) is 56.6 Å². The molecule has 2 atom stereocenters. The molecule has 1 aliphatic carbocycles. The Morgan fingerprint density at radius 2 is 1.65 bits per heavy atom. The van der Waals surface area contributed by atoms with Crippen LogP contribution in [0.3, 0.4) is 0 Å². The van der Waals surface area contributed by atoms with Crippen LogP contribution < -0.4 is 5.32 Å². The smallest absolute Gasteiger partial charge is 0.407 e. The molecule has 4 rings (SSSR count). The molecule has 0 bridgehead atoms. The molecule has 2 aliphatic rings. The number of carbonyl (C=O) groups excluding carboxylic acids is 2. The molecule has 2 aromatic carbocycles. The summed E-state index contributed by atoms with van der Waals surface area (Å²) in [5, 5.41) is 12.3. The molecule has 1 fully saturated rings. The number of hydrogen-bond acceptors (Lipinski definition) is 4. The zero-order valence-electron chi connectivity index (χ0n) is 19.7. The van der Waals surface area contributed by atoms with Crippen LogP contribution in [-0.2, 0) is 14.3 Å². The van der Waals surface area contributed by atoms with Crippen molar-refractivity contribution in [3.8, 4) is 11.1 Å². The van der Waals surface area contributed by atoms with Gasteiger partial charge in [-0.05, 0) is 47.4 Å². The second kappa shape index (κ2) is 10.3. The number of rotatable bonds is 7. The highest BCUT2D eigenvalue weighted by Gasteiger charge is 2.34. The van der Waals surface area contributed by atoms with Crippen LogP contribution in [0.2, 0.25) is 0 Å². The number of fused-ring (bicyclic) bond motifs is 3. The largest absolute Gasteiger partial charge is 0.480 e. The van der Waals surface area contributed by atoms with E-state index in [1.807, 2.05) is 38.1 Å². The van der Waals surface area contributed by atoms with Gasteiger partial charge in [0.2, 0.25) is 5.91 Å². The van der Waals surface area contributed by atoms with E-state index in [4.69, 9.17) is 4.74 Å². The summed E-state index contributed by atoms with van der Waals surface area (Å²) >= 11 is 0. The van der Waals surface area contributed by atoms with E-state index in [1.165, 1.54) is 4.90 Å². The number of carboxylic acids is 1. The van der Waals surface area contributed by atoms with Crippen molar-refractivity contribution in [3.05, 3.63) is 59.7 Å². The first-order chi connectivity index (χ1) is 16.4. The molecular formula is C27H32N2O5. The van der Waals surface area contributed by atoms with Gasteiger partial charge in [-0.15, -0.1) is 0 Å². The van der Waals surface area contributed by atoms with Gasteiger partial charge in [0.15, 0.2) is 0 Å². The van der Waals surface area contributed by atoms with E-state index in [-0.39, 0.29) is 30.8 Å². The lowest BCUT2D eigenvalue weighted by Gasteiger charge is -2.34. The standard InChI is InChI=1S/C27H32N2O5/c1-17(2)23(15-25(30)29-14-8-7-13-24(29)26(31)32)28-27(33)34-16-22-20-11-5-3-9-18(20)19-10-4-6-12-21(19)22/h3-6,9-12,17,22-24H,7-8,13-16H2,1-2H3,(H,28,33)(H,31,32). The molecule has 7 heteroatoms. The van der Waals surface area contributed by atoms with Crippen molar-refractivity contribution in [2.75, 3.05) is 13.2 Å². The number of benzene rings is 2. The summed E-state index contributed by atoms with van der Waals surface area (Å²) in [6.45, 7) is 4.48. The Morgan fingerprint density at radius 3 is 2.24 bits per heavy atom. The molecule has 0 saturated carbocycles. The molecule has 1 heterocycles. The van der Waals surface area contributed by atoms with Crippen LogP contribution in [0.4, 0.5) is 4.79 Å². The third-order valence-corrected chi connectivity index (χ3v) is 6.95. The maximum atomic E-state index is 12.9. The molecule has 2 unspecified atom stereocenters. The number of hydrogen-bond donors (Lipinski definition) is 2. The first-order valence-electron chi connectivity index (χ1n) is 12.0. The maximum Gasteiger partial charge on any atom is 0.407 e. The summed E-state index contributed by atoms with van der Waals surface area (Å²) in [5.41, 5.74) is 4.59. The number of likely N-dealkylation sites (tertiary alicyclic amines) is 1. The van der Waals surface area contributed by atoms with Crippen LogP contribution in [0.25, 0.3) is 11.1 Å². The van der Waals surface area contributed by atoms with Crippen molar-refractivity contribution in [3.63, 3.8) is 0 Å². The second-order valence-electron chi connectivity index (χ2n) is 9.46. The van der Waals surface area contributed by atoms with E-state index >= 15 is 0 Å². The number of piperidine rings is 1. The summed E-state index contributed by atoms with van der Waals surface area (Å²) < 4.78 is 5.64. The molecular weight excluding hydrogens is 432 g/mol. The van der Waals surface area contributed by atoms with Crippen molar-refractivity contribution in [1.82, 2.24) is 10.2 Å². The summed E-state index contributed by atoms with van der Waals surface area (Å²) in [6, 6.07) is 15.1. The Hall–Kier alpha value is -3.35. The molecule has 1 aliphatic heterocycles. The number of nitrogens with one attached hydrogen (secondary N) is 1. The predicted molar refractivity (Wildman–Crippen MR) is 128 cm³/mol. The Labute approximate surface area is 200 Å². The zero-order chi connectivity index (χ0) is 24.2. The van der Waals surface area contributed by atoms with Gasteiger partial charge >= 0.3 is 12.1 Å². The van der Waals surface area contributed by atoms with E-state index in [0.29, 0.717) is 13.0 Å². The number of amides is 2. The van der Waals surface area contributed by atoms with Gasteiger partial charge in [-0.1, -0.05) is 62.4 Å². The topological polar surface area (TPSA) is 95.9 Å². The van der Waals surface area contributed by atoms with E-state index < -0.39 is 24.1 Å². The van der Waals surface area contributed by atoms with E-state index in [1.54, 1.807) is 0 Å². The molecule has 0 spiro atoms. The van der Waals surface area contributed by atoms with Gasteiger partial charge in [0.1, 0.15) is 12.6 Å². The van der Waals surface area contributed by atoms with E-state index in [2.05, 4.69) is 29.6 Å². The average Bonchev–Trinajstić information content (AvgIpc) is 3.16. The van der Waals surface area contributed by atoms with Gasteiger partial charge in [-0.25, -0.2) is 9.59 Å². The molecule has 0 aromatic heterocycles. The van der Waals surface area contributed by atoms with E-state index in [0.717, 1.165) is 35.1 Å². The lowest BCUT2D eigenvalue weighted by molar-refractivity contribution is -0.152. The van der Waals surface area contributed by atoms with Gasteiger partial charge in [0.25, 0.3) is 0 Å². The van der Waals surface area contributed by atoms with E-state index in [9.17, 15) is 19.5 Å². The fourth-order valence-corrected chi connectivity index (χ4v) is 5.04. The quantitative estimate of drug-likeness (QED) is 0.633. The third-order valence-electron chi connectivity index (χ3n) is 6.95. The molecule has 2 amide bonds. The number of ether oxygens (including phenoxy) is 1. The summed E-state index contributed by atoms with van der Waals surface area (Å²) in [4.78, 5) is 38.7. The molecule has 180 valence electrons. The Kier molecular flexibility index (Phi) is 7.20. The number of carbonyl (C=O) groups is 3. The minimum atomic E-state index is -0.973. The van der Waals surface area contributed by atoms with Crippen molar-refractivity contribution in [2.24, 2.45) is 5.92 Å². The summed E-state index contributed by atoms with van der Waals surface area (Å²) in [7, 11) is 0. The molecule has 34 heavy (non-hydrogen) atoms. The van der Waals surface area contributed by atoms with Crippen molar-refractivity contribution >= 4 is 18.0 Å². The van der Waals surface area contributed by atoms with Gasteiger partial charge < -0.3 is 20.1 Å². The van der Waals surface area contributed by atoms with Gasteiger partial charge in [0.05, 0.1) is 0 Å². The van der Waals surface area contributed by atoms with Crippen LogP contribution in [0, 0.1) is 5.92 Å². The van der Waals surface area contributed by atoms with Crippen LogP contribution in [-0.4, -0.2) is 53.2 Å². The predicted octanol–water partition coefficient (Wildman–Crippen LogP) is 4.41. The highest BCUT2D eigenvalue weighted by atomic mass is 16.5.